The fraction of sp³-hybridized carbons (Fsp3) is 0.532. The van der Waals surface area contributed by atoms with Gasteiger partial charge in [0.05, 0.1) is 146 Å². The van der Waals surface area contributed by atoms with Crippen LogP contribution in [0.25, 0.3) is 0 Å². The third kappa shape index (κ3) is 35.7. The number of rotatable bonds is 46. The van der Waals surface area contributed by atoms with E-state index in [0.717, 1.165) is 11.4 Å². The summed E-state index contributed by atoms with van der Waals surface area (Å²) in [6, 6.07) is 0.696. The molecule has 11 atom stereocenters. The van der Waals surface area contributed by atoms with Gasteiger partial charge in [-0.05, 0) is 40.0 Å². The quantitative estimate of drug-likeness (QED) is 0.0141. The van der Waals surface area contributed by atoms with Crippen molar-refractivity contribution in [2.45, 2.75) is 149 Å². The summed E-state index contributed by atoms with van der Waals surface area (Å²) in [7, 11) is 9.77. The SMILES string of the molecule is COC(=O)[C@@H](C)Cc1cscn1.COC[C@H](C)C(=O)CC(Cc1cscn1)C(=O)OC.COC[C@H](NC(=O)c1cc(C)on1)C(=O)CC(Cc1cscn1)C(=O)N[C@@H](CC(C)C)C(=O)[C@@]1(C)CO1.COC[C@H](NC(=O)c1cc(C)on1)C(=O)CC(Cc1cscn1)C(=O)O.COC[C@H](NC(=O)c1cc(C)on1)C(=O)CC(Cc1cscn1)C(=O)OC. The number of carbonyl (C=O) groups is 13. The first-order valence-electron chi connectivity index (χ1n) is 37.8. The van der Waals surface area contributed by atoms with Crippen LogP contribution in [0.4, 0.5) is 0 Å². The number of Topliss-reactive ketones (excluding diaryl/α,β-unsaturated/α-hetero) is 5. The molecule has 1 saturated heterocycles. The molecule has 9 rings (SSSR count). The standard InChI is InChI=1S/C25H34N4O7S.C17H21N3O6S.C16H19N3O6S.C13H19NO4S.C8H11NO2S/c1-14(2)6-18(22(31)25(4)12-35-25)27-23(32)16(8-17-11-37-13-26-17)9-21(30)20(10-34-5)28-24(33)19-7-15(3)36-29-19;1-10-4-13(20-26-10)16(22)19-14(7-24-2)15(21)6-11(17(23)25-3)5-12-8-27-9-18-12;1-9-3-12(19-25-9)15(21)18-13(6-24-2)14(20)5-10(16(22)23)4-11-7-26-8-17-11;1-9(6-17-2)12(15)5-10(13(16)18-3)4-11-7-19-8-14-11;1-6(8(10)11-2)3-7-4-12-5-9-7/h7,11,13-14,16,18,20H,6,8-10,12H2,1-5H3,(H,27,32)(H,28,33);4,8-9,11,14H,5-7H2,1-3H3,(H,19,22);3,7-8,10,13H,4-6H2,1-2H3,(H,18,21)(H,22,23);7-10H,4-6H2,1-3H3;4-6H,3H2,1-2H3/t16?,18-,20-,25+;11?,14-;10?,13-;9-,10?;6-/m00000/s1. The molecular formula is C79H104N12O25S5. The molecule has 0 radical (unpaired) electrons. The molecule has 1 aliphatic rings. The van der Waals surface area contributed by atoms with Crippen LogP contribution in [-0.2, 0) is 118 Å². The molecule has 1 aliphatic heterocycles. The Labute approximate surface area is 718 Å². The number of aromatic nitrogens is 8. The Balaban J connectivity index is 0.000000280. The van der Waals surface area contributed by atoms with E-state index in [1.807, 2.05) is 42.3 Å². The van der Waals surface area contributed by atoms with E-state index in [1.165, 1.54) is 118 Å². The van der Waals surface area contributed by atoms with Gasteiger partial charge >= 0.3 is 23.9 Å². The van der Waals surface area contributed by atoms with Gasteiger partial charge in [-0.25, -0.2) is 24.9 Å². The first-order chi connectivity index (χ1) is 57.7. The summed E-state index contributed by atoms with van der Waals surface area (Å²) >= 11 is 7.14. The molecule has 9 heterocycles. The summed E-state index contributed by atoms with van der Waals surface area (Å²) in [5.74, 6) is -7.38. The minimum absolute atomic E-state index is 0.00693. The van der Waals surface area contributed by atoms with Crippen LogP contribution in [0.15, 0.2) is 86.2 Å². The fourth-order valence-electron chi connectivity index (χ4n) is 11.4. The Kier molecular flexibility index (Phi) is 44.2. The van der Waals surface area contributed by atoms with Gasteiger partial charge < -0.3 is 77.8 Å². The Hall–Kier alpha value is -10.3. The number of methoxy groups -OCH3 is 7. The minimum atomic E-state index is -1.10. The summed E-state index contributed by atoms with van der Waals surface area (Å²) in [6.45, 7) is 14.7. The maximum Gasteiger partial charge on any atom is 0.309 e. The zero-order chi connectivity index (χ0) is 89.3. The molecule has 0 saturated carbocycles. The second-order valence-corrected chi connectivity index (χ2v) is 32.1. The molecule has 4 unspecified atom stereocenters. The average Bonchev–Trinajstić information content (AvgIpc) is 1.64. The smallest absolute Gasteiger partial charge is 0.309 e. The number of esters is 3. The summed E-state index contributed by atoms with van der Waals surface area (Å²) in [5.41, 5.74) is 11.4. The molecule has 0 bridgehead atoms. The predicted octanol–water partition coefficient (Wildman–Crippen LogP) is 7.36. The number of epoxide rings is 1. The Morgan fingerprint density at radius 1 is 0.421 bits per heavy atom. The molecule has 37 nitrogen and oxygen atoms in total. The first-order valence-corrected chi connectivity index (χ1v) is 42.5. The Bertz CT molecular complexity index is 4530. The predicted molar refractivity (Wildman–Crippen MR) is 439 cm³/mol. The second kappa shape index (κ2) is 52.8. The molecule has 121 heavy (non-hydrogen) atoms. The van der Waals surface area contributed by atoms with E-state index >= 15 is 0 Å². The summed E-state index contributed by atoms with van der Waals surface area (Å²) in [6.07, 6.45) is 1.76. The maximum atomic E-state index is 13.5. The monoisotopic (exact) mass is 1780 g/mol. The van der Waals surface area contributed by atoms with Crippen molar-refractivity contribution in [1.82, 2.24) is 61.7 Å². The van der Waals surface area contributed by atoms with Crippen molar-refractivity contribution in [3.63, 3.8) is 0 Å². The number of ketones is 5. The summed E-state index contributed by atoms with van der Waals surface area (Å²) in [5, 5.41) is 40.0. The van der Waals surface area contributed by atoms with Crippen LogP contribution in [-0.4, -0.2) is 234 Å². The lowest BCUT2D eigenvalue weighted by Crippen LogP contribution is -2.50. The molecule has 660 valence electrons. The number of carbonyl (C=O) groups excluding carboxylic acids is 12. The lowest BCUT2D eigenvalue weighted by molar-refractivity contribution is -0.148. The van der Waals surface area contributed by atoms with Gasteiger partial charge in [-0.2, -0.15) is 0 Å². The zero-order valence-corrected chi connectivity index (χ0v) is 73.9. The van der Waals surface area contributed by atoms with Crippen LogP contribution in [0.1, 0.15) is 144 Å². The van der Waals surface area contributed by atoms with E-state index in [-0.39, 0.29) is 129 Å². The number of carboxylic acid groups (broad SMARTS) is 1. The van der Waals surface area contributed by atoms with Gasteiger partial charge in [0.1, 0.15) is 46.8 Å². The van der Waals surface area contributed by atoms with E-state index < -0.39 is 101 Å². The highest BCUT2D eigenvalue weighted by Gasteiger charge is 2.50. The molecule has 4 amide bonds. The molecule has 1 fully saturated rings. The number of hydrogen-bond acceptors (Lipinski definition) is 37. The first kappa shape index (κ1) is 101. The van der Waals surface area contributed by atoms with Crippen LogP contribution in [0, 0.1) is 62.2 Å². The molecule has 0 spiro atoms. The Morgan fingerprint density at radius 2 is 0.736 bits per heavy atom. The van der Waals surface area contributed by atoms with Crippen molar-refractivity contribution in [3.8, 4) is 0 Å². The van der Waals surface area contributed by atoms with Crippen molar-refractivity contribution in [3.05, 3.63) is 135 Å². The van der Waals surface area contributed by atoms with Gasteiger partial charge in [0.25, 0.3) is 17.7 Å². The molecule has 8 aromatic heterocycles. The normalized spacial score (nSPS) is 15.0. The molecule has 0 aromatic carbocycles. The van der Waals surface area contributed by atoms with E-state index in [4.69, 9.17) is 46.7 Å². The van der Waals surface area contributed by atoms with Gasteiger partial charge in [0, 0.05) is 137 Å². The number of amides is 4. The van der Waals surface area contributed by atoms with Crippen LogP contribution in [0.3, 0.4) is 0 Å². The maximum absolute atomic E-state index is 13.5. The highest BCUT2D eigenvalue weighted by Crippen LogP contribution is 2.31. The Morgan fingerprint density at radius 3 is 1.02 bits per heavy atom. The number of nitrogens with zero attached hydrogens (tertiary/aromatic N) is 8. The molecule has 5 N–H and O–H groups in total. The number of aryl methyl sites for hydroxylation is 3. The van der Waals surface area contributed by atoms with Crippen molar-refractivity contribution in [1.29, 1.82) is 0 Å². The van der Waals surface area contributed by atoms with Crippen LogP contribution in [0.5, 0.6) is 0 Å². The van der Waals surface area contributed by atoms with Crippen LogP contribution < -0.4 is 21.3 Å². The van der Waals surface area contributed by atoms with Crippen molar-refractivity contribution in [2.75, 3.05) is 82.8 Å². The minimum Gasteiger partial charge on any atom is -0.481 e. The van der Waals surface area contributed by atoms with Crippen molar-refractivity contribution < 1.29 is 119 Å². The largest absolute Gasteiger partial charge is 0.481 e. The zero-order valence-electron chi connectivity index (χ0n) is 69.8. The van der Waals surface area contributed by atoms with Gasteiger partial charge in [-0.1, -0.05) is 43.2 Å². The lowest BCUT2D eigenvalue weighted by atomic mass is 9.90. The number of nitrogens with one attached hydrogen (secondary N) is 4. The van der Waals surface area contributed by atoms with Gasteiger partial charge in [0.2, 0.25) is 5.91 Å². The van der Waals surface area contributed by atoms with Crippen molar-refractivity contribution >= 4 is 133 Å². The molecular weight excluding hydrogens is 1680 g/mol. The number of ether oxygens (including phenoxy) is 8. The van der Waals surface area contributed by atoms with Gasteiger partial charge in [-0.15, -0.1) is 56.7 Å². The van der Waals surface area contributed by atoms with E-state index in [1.54, 1.807) is 74.7 Å². The second-order valence-electron chi connectivity index (χ2n) is 28.5. The fourth-order valence-corrected chi connectivity index (χ4v) is 14.3. The van der Waals surface area contributed by atoms with Gasteiger partial charge in [0.15, 0.2) is 40.2 Å². The summed E-state index contributed by atoms with van der Waals surface area (Å²) < 4.78 is 54.2. The van der Waals surface area contributed by atoms with Crippen LogP contribution >= 0.6 is 56.7 Å². The topological polar surface area (TPSA) is 510 Å². The molecule has 8 aromatic rings. The number of hydrogen-bond donors (Lipinski definition) is 5. The van der Waals surface area contributed by atoms with Crippen LogP contribution in [0.2, 0.25) is 0 Å². The van der Waals surface area contributed by atoms with E-state index in [2.05, 4.69) is 66.4 Å². The summed E-state index contributed by atoms with van der Waals surface area (Å²) in [4.78, 5) is 181. The third-order valence-corrected chi connectivity index (χ3v) is 21.2. The highest BCUT2D eigenvalue weighted by atomic mass is 32.1. The average molecular weight is 1780 g/mol. The third-order valence-electron chi connectivity index (χ3n) is 18.0. The number of aliphatic carboxylic acids is 1. The highest BCUT2D eigenvalue weighted by molar-refractivity contribution is 7.08. The molecule has 0 aliphatic carbocycles. The van der Waals surface area contributed by atoms with E-state index in [0.29, 0.717) is 66.8 Å². The van der Waals surface area contributed by atoms with Gasteiger partial charge in [-0.3, -0.25) is 62.3 Å². The van der Waals surface area contributed by atoms with E-state index in [9.17, 15) is 67.4 Å². The number of thiazole rings is 5. The lowest BCUT2D eigenvalue weighted by Gasteiger charge is -2.25. The number of carboxylic acids is 1. The van der Waals surface area contributed by atoms with Crippen molar-refractivity contribution in [2.24, 2.45) is 41.4 Å². The molecule has 42 heteroatoms.